The molecule has 3 N–H and O–H groups in total. The van der Waals surface area contributed by atoms with Crippen LogP contribution in [0.3, 0.4) is 0 Å². The van der Waals surface area contributed by atoms with Crippen LogP contribution in [0.2, 0.25) is 0 Å². The van der Waals surface area contributed by atoms with E-state index in [2.05, 4.69) is 53.7 Å². The third-order valence-corrected chi connectivity index (χ3v) is 4.61. The van der Waals surface area contributed by atoms with Gasteiger partial charge in [-0.3, -0.25) is 0 Å². The minimum atomic E-state index is -0.482. The second-order valence-corrected chi connectivity index (χ2v) is 7.60. The number of carbonyl (C=O) groups excluding carboxylic acids is 1. The summed E-state index contributed by atoms with van der Waals surface area (Å²) in [5.74, 6) is 0. The molecule has 0 spiro atoms. The molecule has 0 aliphatic rings. The zero-order valence-electron chi connectivity index (χ0n) is 16.0. The standard InChI is InChI=1S/C20H31N3O2/c1-6-20(7-2,14-22-18(24)25-19(3,4)5)23-13-15-8-9-17-16(12-15)10-11-21-17/h8-12,21,23H,6-7,13-14H2,1-5H3,(H,22,24). The molecule has 5 heteroatoms. The molecule has 1 heterocycles. The molecule has 0 aliphatic carbocycles. The minimum Gasteiger partial charge on any atom is -0.444 e. The van der Waals surface area contributed by atoms with Gasteiger partial charge in [-0.15, -0.1) is 0 Å². The quantitative estimate of drug-likeness (QED) is 0.699. The second-order valence-electron chi connectivity index (χ2n) is 7.60. The van der Waals surface area contributed by atoms with Gasteiger partial charge in [0.25, 0.3) is 0 Å². The fourth-order valence-corrected chi connectivity index (χ4v) is 2.87. The van der Waals surface area contributed by atoms with Gasteiger partial charge in [-0.05, 0) is 62.8 Å². The van der Waals surface area contributed by atoms with E-state index in [9.17, 15) is 4.79 Å². The summed E-state index contributed by atoms with van der Waals surface area (Å²) in [5.41, 5.74) is 1.75. The zero-order chi connectivity index (χ0) is 18.5. The lowest BCUT2D eigenvalue weighted by atomic mass is 9.92. The largest absolute Gasteiger partial charge is 0.444 e. The summed E-state index contributed by atoms with van der Waals surface area (Å²) in [7, 11) is 0. The van der Waals surface area contributed by atoms with Crippen LogP contribution in [0.15, 0.2) is 30.5 Å². The van der Waals surface area contributed by atoms with E-state index in [1.165, 1.54) is 10.9 Å². The van der Waals surface area contributed by atoms with Gasteiger partial charge in [-0.25, -0.2) is 4.79 Å². The van der Waals surface area contributed by atoms with Crippen molar-refractivity contribution in [3.05, 3.63) is 36.0 Å². The van der Waals surface area contributed by atoms with Gasteiger partial charge in [0.1, 0.15) is 5.60 Å². The molecule has 0 bridgehead atoms. The number of benzene rings is 1. The van der Waals surface area contributed by atoms with Crippen LogP contribution < -0.4 is 10.6 Å². The molecule has 1 amide bonds. The van der Waals surface area contributed by atoms with Crippen molar-refractivity contribution < 1.29 is 9.53 Å². The van der Waals surface area contributed by atoms with Gasteiger partial charge in [0.2, 0.25) is 0 Å². The van der Waals surface area contributed by atoms with Crippen molar-refractivity contribution in [1.82, 2.24) is 15.6 Å². The Bertz CT molecular complexity index is 696. The van der Waals surface area contributed by atoms with Gasteiger partial charge < -0.3 is 20.4 Å². The fourth-order valence-electron chi connectivity index (χ4n) is 2.87. The summed E-state index contributed by atoms with van der Waals surface area (Å²) in [6.07, 6.45) is 3.43. The molecule has 0 aliphatic heterocycles. The maximum absolute atomic E-state index is 12.0. The predicted octanol–water partition coefficient (Wildman–Crippen LogP) is 4.34. The normalized spacial score (nSPS) is 12.4. The summed E-state index contributed by atoms with van der Waals surface area (Å²) in [4.78, 5) is 15.2. The molecule has 5 nitrogen and oxygen atoms in total. The van der Waals surface area contributed by atoms with Crippen molar-refractivity contribution in [3.8, 4) is 0 Å². The van der Waals surface area contributed by atoms with Crippen LogP contribution in [0, 0.1) is 0 Å². The average molecular weight is 345 g/mol. The van der Waals surface area contributed by atoms with Gasteiger partial charge in [0.05, 0.1) is 0 Å². The van der Waals surface area contributed by atoms with E-state index in [1.54, 1.807) is 0 Å². The molecule has 1 aromatic carbocycles. The molecule has 0 atom stereocenters. The molecule has 1 aromatic heterocycles. The van der Waals surface area contributed by atoms with Gasteiger partial charge in [0.15, 0.2) is 0 Å². The first-order valence-electron chi connectivity index (χ1n) is 9.05. The van der Waals surface area contributed by atoms with Gasteiger partial charge >= 0.3 is 6.09 Å². The first kappa shape index (κ1) is 19.3. The summed E-state index contributed by atoms with van der Waals surface area (Å²) >= 11 is 0. The van der Waals surface area contributed by atoms with E-state index in [0.29, 0.717) is 6.54 Å². The monoisotopic (exact) mass is 345 g/mol. The number of ether oxygens (including phenoxy) is 1. The number of alkyl carbamates (subject to hydrolysis) is 1. The number of hydrogen-bond donors (Lipinski definition) is 3. The van der Waals surface area contributed by atoms with Crippen molar-refractivity contribution in [2.24, 2.45) is 0 Å². The number of H-pyrrole nitrogens is 1. The van der Waals surface area contributed by atoms with E-state index < -0.39 is 5.60 Å². The Morgan fingerprint density at radius 1 is 1.16 bits per heavy atom. The number of fused-ring (bicyclic) bond motifs is 1. The molecule has 25 heavy (non-hydrogen) atoms. The molecule has 0 fully saturated rings. The number of nitrogens with one attached hydrogen (secondary N) is 3. The zero-order valence-corrected chi connectivity index (χ0v) is 16.0. The highest BCUT2D eigenvalue weighted by molar-refractivity contribution is 5.79. The summed E-state index contributed by atoms with van der Waals surface area (Å²) < 4.78 is 5.34. The molecule has 2 rings (SSSR count). The predicted molar refractivity (Wildman–Crippen MR) is 103 cm³/mol. The van der Waals surface area contributed by atoms with Gasteiger partial charge in [-0.2, -0.15) is 0 Å². The maximum Gasteiger partial charge on any atom is 0.407 e. The first-order chi connectivity index (χ1) is 11.8. The van der Waals surface area contributed by atoms with Crippen LogP contribution in [0.4, 0.5) is 4.79 Å². The van der Waals surface area contributed by atoms with Crippen molar-refractivity contribution in [3.63, 3.8) is 0 Å². The third-order valence-electron chi connectivity index (χ3n) is 4.61. The highest BCUT2D eigenvalue weighted by Gasteiger charge is 2.27. The van der Waals surface area contributed by atoms with Crippen LogP contribution in [-0.4, -0.2) is 28.8 Å². The Morgan fingerprint density at radius 3 is 2.52 bits per heavy atom. The van der Waals surface area contributed by atoms with Crippen molar-refractivity contribution in [2.75, 3.05) is 6.54 Å². The molecule has 138 valence electrons. The molecule has 0 saturated heterocycles. The van der Waals surface area contributed by atoms with Crippen LogP contribution in [0.25, 0.3) is 10.9 Å². The van der Waals surface area contributed by atoms with Gasteiger partial charge in [0, 0.05) is 30.3 Å². The highest BCUT2D eigenvalue weighted by Crippen LogP contribution is 2.18. The molecule has 0 saturated carbocycles. The van der Waals surface area contributed by atoms with Crippen LogP contribution in [0.1, 0.15) is 53.0 Å². The topological polar surface area (TPSA) is 66.2 Å². The molecule has 0 unspecified atom stereocenters. The molecule has 2 aromatic rings. The van der Waals surface area contributed by atoms with Crippen molar-refractivity contribution in [1.29, 1.82) is 0 Å². The van der Waals surface area contributed by atoms with Gasteiger partial charge in [-0.1, -0.05) is 19.9 Å². The van der Waals surface area contributed by atoms with E-state index in [-0.39, 0.29) is 11.6 Å². The number of aromatic nitrogens is 1. The Morgan fingerprint density at radius 2 is 1.88 bits per heavy atom. The minimum absolute atomic E-state index is 0.149. The summed E-state index contributed by atoms with van der Waals surface area (Å²) in [6, 6.07) is 8.50. The van der Waals surface area contributed by atoms with Crippen molar-refractivity contribution >= 4 is 17.0 Å². The second kappa shape index (κ2) is 7.91. The maximum atomic E-state index is 12.0. The number of hydrogen-bond acceptors (Lipinski definition) is 3. The first-order valence-corrected chi connectivity index (χ1v) is 9.05. The number of amides is 1. The lowest BCUT2D eigenvalue weighted by Crippen LogP contribution is -2.53. The fraction of sp³-hybridized carbons (Fsp3) is 0.550. The van der Waals surface area contributed by atoms with E-state index in [1.807, 2.05) is 27.0 Å². The van der Waals surface area contributed by atoms with Crippen molar-refractivity contribution in [2.45, 2.75) is 65.1 Å². The molecule has 0 radical (unpaired) electrons. The summed E-state index contributed by atoms with van der Waals surface area (Å²) in [5, 5.41) is 7.77. The van der Waals surface area contributed by atoms with E-state index in [4.69, 9.17) is 4.74 Å². The SMILES string of the molecule is CCC(CC)(CNC(=O)OC(C)(C)C)NCc1ccc2[nH]ccc2c1. The molecular formula is C20H31N3O2. The van der Waals surface area contributed by atoms with E-state index in [0.717, 1.165) is 24.9 Å². The Balaban J connectivity index is 1.97. The Labute approximate surface area is 150 Å². The Hall–Kier alpha value is -2.01. The summed E-state index contributed by atoms with van der Waals surface area (Å²) in [6.45, 7) is 11.2. The van der Waals surface area contributed by atoms with E-state index >= 15 is 0 Å². The highest BCUT2D eigenvalue weighted by atomic mass is 16.6. The lowest BCUT2D eigenvalue weighted by Gasteiger charge is -2.34. The smallest absolute Gasteiger partial charge is 0.407 e. The Kier molecular flexibility index (Phi) is 6.11. The number of rotatable bonds is 7. The third kappa shape index (κ3) is 5.49. The van der Waals surface area contributed by atoms with Crippen LogP contribution in [-0.2, 0) is 11.3 Å². The number of carbonyl (C=O) groups is 1. The van der Waals surface area contributed by atoms with Crippen LogP contribution in [0.5, 0.6) is 0 Å². The average Bonchev–Trinajstić information content (AvgIpc) is 3.02. The number of aromatic amines is 1. The van der Waals surface area contributed by atoms with Crippen LogP contribution >= 0.6 is 0 Å². The molecular weight excluding hydrogens is 314 g/mol. The lowest BCUT2D eigenvalue weighted by molar-refractivity contribution is 0.0507.